The topological polar surface area (TPSA) is 120 Å². The van der Waals surface area contributed by atoms with E-state index in [1.807, 2.05) is 4.90 Å². The highest BCUT2D eigenvalue weighted by Gasteiger charge is 2.25. The Morgan fingerprint density at radius 2 is 2.04 bits per heavy atom. The van der Waals surface area contributed by atoms with E-state index in [1.54, 1.807) is 20.0 Å². The molecule has 148 valence electrons. The molecule has 1 fully saturated rings. The summed E-state index contributed by atoms with van der Waals surface area (Å²) in [5.74, 6) is -1.03. The molecule has 0 atom stereocenters. The number of benzene rings is 1. The smallest absolute Gasteiger partial charge is 0.343 e. The minimum absolute atomic E-state index is 0.112. The van der Waals surface area contributed by atoms with Gasteiger partial charge in [0.2, 0.25) is 0 Å². The number of rotatable bonds is 6. The summed E-state index contributed by atoms with van der Waals surface area (Å²) in [6.45, 7) is 3.37. The molecule has 1 aromatic carbocycles. The van der Waals surface area contributed by atoms with Crippen LogP contribution in [-0.2, 0) is 11.8 Å². The second-order valence-corrected chi connectivity index (χ2v) is 6.36. The van der Waals surface area contributed by atoms with Crippen LogP contribution in [0.1, 0.15) is 40.5 Å². The van der Waals surface area contributed by atoms with Gasteiger partial charge in [-0.25, -0.2) is 4.79 Å². The molecule has 1 aromatic heterocycles. The molecule has 1 amide bonds. The normalized spacial score (nSPS) is 13.4. The van der Waals surface area contributed by atoms with Gasteiger partial charge in [0.1, 0.15) is 17.1 Å². The fraction of sp³-hybridized carbons (Fsp3) is 0.389. The first kappa shape index (κ1) is 19.3. The van der Waals surface area contributed by atoms with Crippen molar-refractivity contribution in [3.05, 3.63) is 45.6 Å². The zero-order chi connectivity index (χ0) is 20.3. The fourth-order valence-electron chi connectivity index (χ4n) is 3.16. The van der Waals surface area contributed by atoms with Crippen LogP contribution in [0.2, 0.25) is 0 Å². The molecular formula is C18H21N5O5. The van der Waals surface area contributed by atoms with Gasteiger partial charge in [0, 0.05) is 31.8 Å². The average Bonchev–Trinajstić information content (AvgIpc) is 3.32. The van der Waals surface area contributed by atoms with Gasteiger partial charge in [-0.15, -0.1) is 0 Å². The Kier molecular flexibility index (Phi) is 5.57. The summed E-state index contributed by atoms with van der Waals surface area (Å²) in [6.07, 6.45) is 3.26. The number of aromatic nitrogens is 2. The fourth-order valence-corrected chi connectivity index (χ4v) is 3.16. The highest BCUT2D eigenvalue weighted by atomic mass is 16.6. The van der Waals surface area contributed by atoms with E-state index in [-0.39, 0.29) is 29.2 Å². The molecule has 10 nitrogen and oxygen atoms in total. The summed E-state index contributed by atoms with van der Waals surface area (Å²) in [5.41, 5.74) is 0.614. The van der Waals surface area contributed by atoms with Crippen molar-refractivity contribution in [1.29, 1.82) is 0 Å². The number of hydrogen-bond donors (Lipinski definition) is 1. The van der Waals surface area contributed by atoms with Crippen molar-refractivity contribution in [2.45, 2.75) is 19.8 Å². The van der Waals surface area contributed by atoms with Crippen LogP contribution in [0.15, 0.2) is 24.4 Å². The van der Waals surface area contributed by atoms with Gasteiger partial charge in [-0.1, -0.05) is 0 Å². The molecule has 2 heterocycles. The van der Waals surface area contributed by atoms with E-state index in [4.69, 9.17) is 4.74 Å². The second kappa shape index (κ2) is 8.07. The van der Waals surface area contributed by atoms with Gasteiger partial charge in [0.05, 0.1) is 17.7 Å². The predicted octanol–water partition coefficient (Wildman–Crippen LogP) is 2.36. The molecule has 1 aliphatic heterocycles. The number of hydrogen-bond acceptors (Lipinski definition) is 7. The molecule has 1 aliphatic rings. The van der Waals surface area contributed by atoms with Gasteiger partial charge < -0.3 is 15.0 Å². The van der Waals surface area contributed by atoms with Crippen LogP contribution in [0, 0.1) is 10.1 Å². The molecule has 1 saturated heterocycles. The Morgan fingerprint density at radius 3 is 2.68 bits per heavy atom. The lowest BCUT2D eigenvalue weighted by atomic mass is 10.1. The number of anilines is 2. The van der Waals surface area contributed by atoms with Crippen molar-refractivity contribution in [3.8, 4) is 0 Å². The number of nitro groups is 1. The maximum Gasteiger partial charge on any atom is 0.343 e. The molecule has 1 N–H and O–H groups in total. The number of esters is 1. The Labute approximate surface area is 161 Å². The van der Waals surface area contributed by atoms with Crippen LogP contribution < -0.4 is 10.2 Å². The maximum absolute atomic E-state index is 12.7. The summed E-state index contributed by atoms with van der Waals surface area (Å²) < 4.78 is 6.28. The number of nitrogens with zero attached hydrogens (tertiary/aromatic N) is 4. The van der Waals surface area contributed by atoms with E-state index in [9.17, 15) is 19.7 Å². The minimum Gasteiger partial charge on any atom is -0.462 e. The monoisotopic (exact) mass is 387 g/mol. The van der Waals surface area contributed by atoms with E-state index in [0.717, 1.165) is 25.9 Å². The summed E-state index contributed by atoms with van der Waals surface area (Å²) in [7, 11) is 1.57. The van der Waals surface area contributed by atoms with E-state index < -0.39 is 16.8 Å². The first-order valence-electron chi connectivity index (χ1n) is 8.96. The minimum atomic E-state index is -0.610. The van der Waals surface area contributed by atoms with Crippen molar-refractivity contribution >= 4 is 29.1 Å². The Balaban J connectivity index is 1.87. The zero-order valence-corrected chi connectivity index (χ0v) is 15.7. The molecule has 0 spiro atoms. The molecule has 28 heavy (non-hydrogen) atoms. The number of carbonyl (C=O) groups is 2. The van der Waals surface area contributed by atoms with Crippen LogP contribution in [0.5, 0.6) is 0 Å². The van der Waals surface area contributed by atoms with E-state index in [0.29, 0.717) is 5.69 Å². The zero-order valence-electron chi connectivity index (χ0n) is 15.7. The highest BCUT2D eigenvalue weighted by molar-refractivity contribution is 6.07. The third-order valence-corrected chi connectivity index (χ3v) is 4.55. The lowest BCUT2D eigenvalue weighted by Gasteiger charge is -2.17. The molecule has 0 radical (unpaired) electrons. The van der Waals surface area contributed by atoms with Crippen molar-refractivity contribution in [3.63, 3.8) is 0 Å². The number of nitro benzene ring substituents is 1. The summed E-state index contributed by atoms with van der Waals surface area (Å²) in [4.78, 5) is 37.6. The first-order chi connectivity index (χ1) is 13.4. The molecule has 0 saturated carbocycles. The highest BCUT2D eigenvalue weighted by Crippen LogP contribution is 2.32. The number of amides is 1. The van der Waals surface area contributed by atoms with Gasteiger partial charge in [-0.3, -0.25) is 19.6 Å². The van der Waals surface area contributed by atoms with Crippen LogP contribution in [0.3, 0.4) is 0 Å². The van der Waals surface area contributed by atoms with Crippen LogP contribution in [-0.4, -0.2) is 46.3 Å². The van der Waals surface area contributed by atoms with Crippen molar-refractivity contribution in [2.75, 3.05) is 29.9 Å². The lowest BCUT2D eigenvalue weighted by Crippen LogP contribution is -2.20. The van der Waals surface area contributed by atoms with E-state index in [2.05, 4.69) is 10.4 Å². The largest absolute Gasteiger partial charge is 0.462 e. The molecule has 10 heteroatoms. The summed E-state index contributed by atoms with van der Waals surface area (Å²) in [5, 5.41) is 18.1. The van der Waals surface area contributed by atoms with Crippen molar-refractivity contribution < 1.29 is 19.2 Å². The predicted molar refractivity (Wildman–Crippen MR) is 102 cm³/mol. The third-order valence-electron chi connectivity index (χ3n) is 4.55. The standard InChI is InChI=1S/C18H21N5O5/c1-3-28-18(25)13-11-19-21(2)16(13)20-17(24)12-6-7-14(15(10-12)23(26)27)22-8-4-5-9-22/h6-7,10-11H,3-5,8-9H2,1-2H3,(H,20,24). The Hall–Kier alpha value is -3.43. The molecule has 0 unspecified atom stereocenters. The second-order valence-electron chi connectivity index (χ2n) is 6.36. The molecule has 2 aromatic rings. The molecule has 0 bridgehead atoms. The quantitative estimate of drug-likeness (QED) is 0.459. The van der Waals surface area contributed by atoms with Gasteiger partial charge in [0.15, 0.2) is 0 Å². The van der Waals surface area contributed by atoms with Gasteiger partial charge in [-0.05, 0) is 31.9 Å². The lowest BCUT2D eigenvalue weighted by molar-refractivity contribution is -0.384. The number of ether oxygens (including phenoxy) is 1. The number of carbonyl (C=O) groups excluding carboxylic acids is 2. The van der Waals surface area contributed by atoms with Crippen LogP contribution >= 0.6 is 0 Å². The third kappa shape index (κ3) is 3.80. The van der Waals surface area contributed by atoms with Gasteiger partial charge in [0.25, 0.3) is 11.6 Å². The molecule has 3 rings (SSSR count). The number of aryl methyl sites for hydroxylation is 1. The van der Waals surface area contributed by atoms with E-state index >= 15 is 0 Å². The van der Waals surface area contributed by atoms with Gasteiger partial charge >= 0.3 is 5.97 Å². The number of nitrogens with one attached hydrogen (secondary N) is 1. The summed E-state index contributed by atoms with van der Waals surface area (Å²) in [6, 6.07) is 4.38. The first-order valence-corrected chi connectivity index (χ1v) is 8.96. The maximum atomic E-state index is 12.7. The van der Waals surface area contributed by atoms with Crippen LogP contribution in [0.25, 0.3) is 0 Å². The van der Waals surface area contributed by atoms with Gasteiger partial charge in [-0.2, -0.15) is 5.10 Å². The Morgan fingerprint density at radius 1 is 1.32 bits per heavy atom. The molecule has 0 aliphatic carbocycles. The SMILES string of the molecule is CCOC(=O)c1cnn(C)c1NC(=O)c1ccc(N2CCCC2)c([N+](=O)[O-])c1. The molecular weight excluding hydrogens is 366 g/mol. The van der Waals surface area contributed by atoms with Crippen molar-refractivity contribution in [2.24, 2.45) is 7.05 Å². The van der Waals surface area contributed by atoms with E-state index in [1.165, 1.54) is 23.0 Å². The van der Waals surface area contributed by atoms with Crippen LogP contribution in [0.4, 0.5) is 17.2 Å². The Bertz CT molecular complexity index is 917. The average molecular weight is 387 g/mol. The van der Waals surface area contributed by atoms with Crippen molar-refractivity contribution in [1.82, 2.24) is 9.78 Å². The summed E-state index contributed by atoms with van der Waals surface area (Å²) >= 11 is 0.